The molecule has 1 amide bonds. The van der Waals surface area contributed by atoms with E-state index in [4.69, 9.17) is 34.8 Å². The van der Waals surface area contributed by atoms with Gasteiger partial charge in [-0.05, 0) is 35.9 Å². The third-order valence-corrected chi connectivity index (χ3v) is 4.41. The van der Waals surface area contributed by atoms with Gasteiger partial charge in [0, 0.05) is 10.6 Å². The maximum absolute atomic E-state index is 12.2. The normalized spacial score (nSPS) is 10.7. The van der Waals surface area contributed by atoms with Crippen LogP contribution in [0.4, 0.5) is 5.69 Å². The number of carbonyl (C=O) groups excluding carboxylic acids is 1. The summed E-state index contributed by atoms with van der Waals surface area (Å²) in [5.74, 6) is 0.00589. The minimum atomic E-state index is -0.371. The molecule has 25 heavy (non-hydrogen) atoms. The summed E-state index contributed by atoms with van der Waals surface area (Å²) in [5, 5.41) is 16.0. The first-order valence-electron chi connectivity index (χ1n) is 7.22. The van der Waals surface area contributed by atoms with Gasteiger partial charge in [0.15, 0.2) is 0 Å². The van der Waals surface area contributed by atoms with Crippen LogP contribution in [0.3, 0.4) is 0 Å². The molecule has 1 N–H and O–H groups in total. The number of rotatable bonds is 4. The van der Waals surface area contributed by atoms with Crippen molar-refractivity contribution in [2.24, 2.45) is 0 Å². The van der Waals surface area contributed by atoms with Crippen molar-refractivity contribution in [3.8, 4) is 11.4 Å². The molecular formula is C16H12Cl3N5O. The first-order valence-corrected chi connectivity index (χ1v) is 8.35. The largest absolute Gasteiger partial charge is 0.322 e. The van der Waals surface area contributed by atoms with Crippen LogP contribution in [-0.2, 0) is 11.3 Å². The molecule has 3 rings (SSSR count). The smallest absolute Gasteiger partial charge is 0.248 e. The average Bonchev–Trinajstić information content (AvgIpc) is 3.04. The van der Waals surface area contributed by atoms with E-state index >= 15 is 0 Å². The highest BCUT2D eigenvalue weighted by Crippen LogP contribution is 2.32. The molecule has 9 heteroatoms. The Morgan fingerprint density at radius 2 is 2.00 bits per heavy atom. The zero-order valence-corrected chi connectivity index (χ0v) is 15.3. The fourth-order valence-corrected chi connectivity index (χ4v) is 2.79. The van der Waals surface area contributed by atoms with E-state index in [-0.39, 0.29) is 12.5 Å². The summed E-state index contributed by atoms with van der Waals surface area (Å²) in [6.07, 6.45) is 0. The minimum absolute atomic E-state index is 0.131. The lowest BCUT2D eigenvalue weighted by atomic mass is 10.2. The third kappa shape index (κ3) is 4.10. The number of halogens is 3. The van der Waals surface area contributed by atoms with E-state index in [0.717, 1.165) is 5.56 Å². The number of carbonyl (C=O) groups is 1. The van der Waals surface area contributed by atoms with Gasteiger partial charge in [-0.2, -0.15) is 4.80 Å². The number of tetrazole rings is 1. The number of benzene rings is 2. The molecule has 0 unspecified atom stereocenters. The monoisotopic (exact) mass is 395 g/mol. The third-order valence-electron chi connectivity index (χ3n) is 3.37. The molecule has 0 atom stereocenters. The lowest BCUT2D eigenvalue weighted by Crippen LogP contribution is -2.21. The average molecular weight is 397 g/mol. The first kappa shape index (κ1) is 17.7. The molecule has 0 radical (unpaired) electrons. The summed E-state index contributed by atoms with van der Waals surface area (Å²) < 4.78 is 0. The molecule has 0 spiro atoms. The molecular weight excluding hydrogens is 385 g/mol. The van der Waals surface area contributed by atoms with Crippen molar-refractivity contribution in [2.75, 3.05) is 5.32 Å². The molecule has 2 aromatic carbocycles. The van der Waals surface area contributed by atoms with Crippen LogP contribution in [-0.4, -0.2) is 26.1 Å². The van der Waals surface area contributed by atoms with Crippen molar-refractivity contribution in [3.05, 3.63) is 57.0 Å². The molecule has 0 saturated heterocycles. The second kappa shape index (κ2) is 7.39. The summed E-state index contributed by atoms with van der Waals surface area (Å²) in [4.78, 5) is 13.4. The fraction of sp³-hybridized carbons (Fsp3) is 0.125. The van der Waals surface area contributed by atoms with Gasteiger partial charge < -0.3 is 5.32 Å². The maximum Gasteiger partial charge on any atom is 0.248 e. The molecule has 128 valence electrons. The second-order valence-electron chi connectivity index (χ2n) is 5.26. The van der Waals surface area contributed by atoms with E-state index in [9.17, 15) is 4.79 Å². The van der Waals surface area contributed by atoms with Gasteiger partial charge in [0.2, 0.25) is 11.7 Å². The van der Waals surface area contributed by atoms with Crippen LogP contribution >= 0.6 is 34.8 Å². The van der Waals surface area contributed by atoms with Crippen LogP contribution in [0.5, 0.6) is 0 Å². The van der Waals surface area contributed by atoms with Crippen LogP contribution in [0.15, 0.2) is 36.4 Å². The summed E-state index contributed by atoms with van der Waals surface area (Å²) in [5.41, 5.74) is 1.89. The van der Waals surface area contributed by atoms with Gasteiger partial charge in [-0.1, -0.05) is 53.0 Å². The van der Waals surface area contributed by atoms with Gasteiger partial charge in [0.25, 0.3) is 0 Å². The number of aromatic nitrogens is 4. The molecule has 1 aromatic heterocycles. The summed E-state index contributed by atoms with van der Waals surface area (Å²) >= 11 is 18.2. The van der Waals surface area contributed by atoms with Gasteiger partial charge in [-0.15, -0.1) is 10.2 Å². The van der Waals surface area contributed by atoms with Crippen molar-refractivity contribution < 1.29 is 4.79 Å². The predicted molar refractivity (Wildman–Crippen MR) is 98.1 cm³/mol. The Balaban J connectivity index is 1.73. The summed E-state index contributed by atoms with van der Waals surface area (Å²) in [6.45, 7) is 1.69. The molecule has 0 saturated carbocycles. The van der Waals surface area contributed by atoms with Gasteiger partial charge in [0.1, 0.15) is 6.54 Å². The summed E-state index contributed by atoms with van der Waals surface area (Å²) in [6, 6.07) is 10.5. The van der Waals surface area contributed by atoms with Crippen LogP contribution in [0, 0.1) is 6.92 Å². The van der Waals surface area contributed by atoms with Crippen LogP contribution in [0.2, 0.25) is 15.1 Å². The second-order valence-corrected chi connectivity index (χ2v) is 6.48. The highest BCUT2D eigenvalue weighted by atomic mass is 35.5. The lowest BCUT2D eigenvalue weighted by Gasteiger charge is -2.10. The zero-order valence-electron chi connectivity index (χ0n) is 13.0. The van der Waals surface area contributed by atoms with E-state index in [2.05, 4.69) is 20.7 Å². The Bertz CT molecular complexity index is 941. The summed E-state index contributed by atoms with van der Waals surface area (Å²) in [7, 11) is 0. The standard InChI is InChI=1S/C16H12Cl3N5O/c1-9-5-6-12(18)15(14(9)19)20-13(25)8-24-22-16(21-23-24)10-3-2-4-11(17)7-10/h2-7H,8H2,1H3,(H,20,25). The first-order chi connectivity index (χ1) is 11.9. The maximum atomic E-state index is 12.2. The van der Waals surface area contributed by atoms with Crippen molar-refractivity contribution in [3.63, 3.8) is 0 Å². The molecule has 0 fully saturated rings. The van der Waals surface area contributed by atoms with E-state index in [1.807, 2.05) is 6.92 Å². The molecule has 0 aliphatic carbocycles. The highest BCUT2D eigenvalue weighted by Gasteiger charge is 2.14. The quantitative estimate of drug-likeness (QED) is 0.715. The van der Waals surface area contributed by atoms with Gasteiger partial charge in [-0.25, -0.2) is 0 Å². The number of anilines is 1. The molecule has 3 aromatic rings. The molecule has 0 aliphatic heterocycles. The van der Waals surface area contributed by atoms with E-state index < -0.39 is 0 Å². The Labute approximate surface area is 158 Å². The van der Waals surface area contributed by atoms with E-state index in [1.54, 1.807) is 36.4 Å². The highest BCUT2D eigenvalue weighted by molar-refractivity contribution is 6.40. The Hall–Kier alpha value is -2.15. The predicted octanol–water partition coefficient (Wildman–Crippen LogP) is 4.25. The number of hydrogen-bond donors (Lipinski definition) is 1. The van der Waals surface area contributed by atoms with Crippen molar-refractivity contribution in [1.29, 1.82) is 0 Å². The fourth-order valence-electron chi connectivity index (χ4n) is 2.13. The van der Waals surface area contributed by atoms with E-state index in [1.165, 1.54) is 4.80 Å². The number of nitrogens with zero attached hydrogens (tertiary/aromatic N) is 4. The zero-order chi connectivity index (χ0) is 18.0. The molecule has 1 heterocycles. The Morgan fingerprint density at radius 3 is 2.76 bits per heavy atom. The Kier molecular flexibility index (Phi) is 5.22. The van der Waals surface area contributed by atoms with Gasteiger partial charge >= 0.3 is 0 Å². The molecule has 0 aliphatic rings. The SMILES string of the molecule is Cc1ccc(Cl)c(NC(=O)Cn2nnc(-c3cccc(Cl)c3)n2)c1Cl. The number of aryl methyl sites for hydroxylation is 1. The van der Waals surface area contributed by atoms with Crippen molar-refractivity contribution >= 4 is 46.4 Å². The number of hydrogen-bond acceptors (Lipinski definition) is 4. The van der Waals surface area contributed by atoms with Gasteiger partial charge in [0.05, 0.1) is 15.7 Å². The lowest BCUT2D eigenvalue weighted by molar-refractivity contribution is -0.117. The van der Waals surface area contributed by atoms with Crippen molar-refractivity contribution in [2.45, 2.75) is 13.5 Å². The number of amides is 1. The van der Waals surface area contributed by atoms with Crippen LogP contribution in [0.1, 0.15) is 5.56 Å². The Morgan fingerprint density at radius 1 is 1.20 bits per heavy atom. The van der Waals surface area contributed by atoms with Crippen LogP contribution in [0.25, 0.3) is 11.4 Å². The molecule has 6 nitrogen and oxygen atoms in total. The van der Waals surface area contributed by atoms with Gasteiger partial charge in [-0.3, -0.25) is 4.79 Å². The minimum Gasteiger partial charge on any atom is -0.322 e. The molecule has 0 bridgehead atoms. The van der Waals surface area contributed by atoms with E-state index in [0.29, 0.717) is 32.1 Å². The van der Waals surface area contributed by atoms with Crippen LogP contribution < -0.4 is 5.32 Å². The van der Waals surface area contributed by atoms with Crippen molar-refractivity contribution in [1.82, 2.24) is 20.2 Å². The number of nitrogens with one attached hydrogen (secondary N) is 1. The topological polar surface area (TPSA) is 72.7 Å².